The van der Waals surface area contributed by atoms with Gasteiger partial charge in [-0.2, -0.15) is 13.2 Å². The number of hydrogen-bond acceptors (Lipinski definition) is 21. The number of carbonyl (C=O) groups is 6. The monoisotopic (exact) mass is 1140 g/mol. The third-order valence-corrected chi connectivity index (χ3v) is 16.3. The molecule has 7 N–H and O–H groups in total. The molecule has 75 heavy (non-hydrogen) atoms. The fourth-order valence-corrected chi connectivity index (χ4v) is 12.3. The molecule has 21 nitrogen and oxygen atoms in total. The number of ether oxygens (including phenoxy) is 1. The number of carbonyl (C=O) groups excluding carboxylic acids is 6. The molecule has 6 amide bonds. The minimum absolute atomic E-state index is 0.0106. The van der Waals surface area contributed by atoms with Crippen molar-refractivity contribution in [2.75, 3.05) is 31.3 Å². The standard InChI is InChI=1S/C45H36F3N13O8S6/c1-18-30-37(67)61-44-60-32(26(75-44)13-69-3)36(66)50-12-29(63)58-33(34(64)19-7-5-4-6-8-19)42-55-25(16-72-42)40-53-23(14-71-40)31-20(9-10-21(51-31)39-56-27(17-73-39)57-43(68)45(46,47)48)38-54-24(15-70-38)35(65)52-22(11-28(62)49-2)41(59-30)74-18/h4-10,14-17,22,33-34,64H,11-13H2,1-3H3,(H,49,62)(H,50,66)(H,52,65)(H,57,68)(H,58,63)(H,60,61,67)/t22-,33-,34-/m0/s1. The van der Waals surface area contributed by atoms with E-state index in [1.807, 2.05) is 0 Å². The molecule has 7 aromatic heterocycles. The summed E-state index contributed by atoms with van der Waals surface area (Å²) in [5, 5.41) is 34.2. The van der Waals surface area contributed by atoms with Crippen LogP contribution in [0.25, 0.3) is 43.4 Å². The van der Waals surface area contributed by atoms with Gasteiger partial charge in [0.05, 0.1) is 36.2 Å². The van der Waals surface area contributed by atoms with E-state index >= 15 is 0 Å². The predicted octanol–water partition coefficient (Wildman–Crippen LogP) is 6.94. The Kier molecular flexibility index (Phi) is 15.6. The molecular weight excluding hydrogens is 1100 g/mol. The number of alkyl halides is 3. The molecule has 8 aromatic rings. The number of anilines is 2. The van der Waals surface area contributed by atoms with Crippen molar-refractivity contribution in [3.63, 3.8) is 0 Å². The molecule has 10 bridgehead atoms. The van der Waals surface area contributed by atoms with Crippen LogP contribution >= 0.6 is 68.0 Å². The highest BCUT2D eigenvalue weighted by Gasteiger charge is 2.39. The van der Waals surface area contributed by atoms with Gasteiger partial charge in [0.25, 0.3) is 17.7 Å². The Morgan fingerprint density at radius 1 is 0.760 bits per heavy atom. The average Bonchev–Trinajstić information content (AvgIpc) is 4.27. The van der Waals surface area contributed by atoms with Gasteiger partial charge in [0.15, 0.2) is 5.13 Å². The number of amides is 6. The van der Waals surface area contributed by atoms with Gasteiger partial charge >= 0.3 is 12.1 Å². The van der Waals surface area contributed by atoms with Crippen LogP contribution in [0.3, 0.4) is 0 Å². The van der Waals surface area contributed by atoms with Gasteiger partial charge in [-0.3, -0.25) is 34.1 Å². The number of pyridine rings is 1. The van der Waals surface area contributed by atoms with Crippen LogP contribution in [-0.4, -0.2) is 102 Å². The zero-order valence-electron chi connectivity index (χ0n) is 38.7. The highest BCUT2D eigenvalue weighted by molar-refractivity contribution is 7.16. The van der Waals surface area contributed by atoms with Gasteiger partial charge in [-0.25, -0.2) is 34.9 Å². The van der Waals surface area contributed by atoms with Crippen molar-refractivity contribution < 1.29 is 51.8 Å². The van der Waals surface area contributed by atoms with Crippen molar-refractivity contribution in [1.82, 2.24) is 56.2 Å². The Balaban J connectivity index is 1.13. The van der Waals surface area contributed by atoms with Gasteiger partial charge in [0.1, 0.15) is 77.2 Å². The molecule has 0 aliphatic carbocycles. The van der Waals surface area contributed by atoms with Gasteiger partial charge in [0, 0.05) is 46.1 Å². The van der Waals surface area contributed by atoms with E-state index in [0.29, 0.717) is 36.6 Å². The van der Waals surface area contributed by atoms with Crippen molar-refractivity contribution in [1.29, 1.82) is 0 Å². The number of aliphatic hydroxyl groups excluding tert-OH is 1. The minimum Gasteiger partial charge on any atom is -0.386 e. The fraction of sp³-hybridized carbons (Fsp3) is 0.222. The third kappa shape index (κ3) is 11.8. The number of rotatable bonds is 8. The van der Waals surface area contributed by atoms with E-state index in [4.69, 9.17) is 19.7 Å². The second-order valence-corrected chi connectivity index (χ2v) is 21.6. The summed E-state index contributed by atoms with van der Waals surface area (Å²) in [6, 6.07) is 9.54. The lowest BCUT2D eigenvalue weighted by Gasteiger charge is -2.23. The summed E-state index contributed by atoms with van der Waals surface area (Å²) < 4.78 is 44.6. The summed E-state index contributed by atoms with van der Waals surface area (Å²) in [7, 11) is 2.83. The number of nitrogens with one attached hydrogen (secondary N) is 6. The molecule has 8 heterocycles. The Labute approximate surface area is 445 Å². The summed E-state index contributed by atoms with van der Waals surface area (Å²) >= 11 is 6.32. The first-order valence-electron chi connectivity index (χ1n) is 21.8. The Morgan fingerprint density at radius 2 is 1.48 bits per heavy atom. The van der Waals surface area contributed by atoms with Crippen molar-refractivity contribution in [2.24, 2.45) is 0 Å². The molecule has 0 spiro atoms. The predicted molar refractivity (Wildman–Crippen MR) is 274 cm³/mol. The van der Waals surface area contributed by atoms with Gasteiger partial charge in [0.2, 0.25) is 11.8 Å². The summed E-state index contributed by atoms with van der Waals surface area (Å²) in [5.74, 6) is -5.86. The largest absolute Gasteiger partial charge is 0.471 e. The number of methoxy groups -OCH3 is 1. The van der Waals surface area contributed by atoms with E-state index < -0.39 is 66.4 Å². The summed E-state index contributed by atoms with van der Waals surface area (Å²) in [5.41, 5.74) is 1.66. The van der Waals surface area contributed by atoms with Gasteiger partial charge in [-0.1, -0.05) is 41.7 Å². The second-order valence-electron chi connectivity index (χ2n) is 15.9. The first-order chi connectivity index (χ1) is 36.0. The smallest absolute Gasteiger partial charge is 0.386 e. The zero-order chi connectivity index (χ0) is 53.1. The van der Waals surface area contributed by atoms with Crippen molar-refractivity contribution in [2.45, 2.75) is 44.3 Å². The number of aromatic nitrogens is 7. The van der Waals surface area contributed by atoms with Crippen LogP contribution in [-0.2, 0) is 25.7 Å². The lowest BCUT2D eigenvalue weighted by atomic mass is 10.0. The summed E-state index contributed by atoms with van der Waals surface area (Å²) in [4.78, 5) is 113. The molecular formula is C45H36F3N13O8S6. The van der Waals surface area contributed by atoms with E-state index in [1.165, 1.54) is 36.3 Å². The van der Waals surface area contributed by atoms with Crippen LogP contribution in [0.5, 0.6) is 0 Å². The molecule has 0 saturated heterocycles. The Morgan fingerprint density at radius 3 is 2.24 bits per heavy atom. The molecule has 0 saturated carbocycles. The molecule has 386 valence electrons. The van der Waals surface area contributed by atoms with Crippen LogP contribution in [0, 0.1) is 6.92 Å². The number of benzene rings is 1. The normalized spacial score (nSPS) is 15.8. The SMILES string of the molecule is CNC(=O)C[C@@H]1NC(=O)c2csc(n2)-c2ccc(-c3nc(NC(=O)C(F)(F)F)cs3)nc2-c2csc(n2)-c2csc(n2)[C@H]([C@@H](O)c2ccccc2)NC(=O)CNC(=O)c2nc(sc2COC)NC(=O)c2nc1sc2C. The highest BCUT2D eigenvalue weighted by atomic mass is 32.1. The maximum Gasteiger partial charge on any atom is 0.471 e. The van der Waals surface area contributed by atoms with E-state index in [1.54, 1.807) is 65.5 Å². The van der Waals surface area contributed by atoms with E-state index in [9.17, 15) is 47.0 Å². The maximum absolute atomic E-state index is 14.1. The first-order valence-corrected chi connectivity index (χ1v) is 26.9. The number of aryl methyl sites for hydroxylation is 1. The number of aliphatic hydroxyl groups is 1. The topological polar surface area (TPSA) is 294 Å². The minimum atomic E-state index is -5.16. The van der Waals surface area contributed by atoms with Gasteiger partial charge in [-0.05, 0) is 24.6 Å². The van der Waals surface area contributed by atoms with Crippen LogP contribution in [0.2, 0.25) is 0 Å². The molecule has 1 aliphatic heterocycles. The molecule has 0 fully saturated rings. The van der Waals surface area contributed by atoms with Crippen LogP contribution in [0.4, 0.5) is 24.1 Å². The van der Waals surface area contributed by atoms with Crippen LogP contribution < -0.4 is 31.9 Å². The number of nitrogens with zero attached hydrogens (tertiary/aromatic N) is 7. The van der Waals surface area contributed by atoms with Crippen molar-refractivity contribution in [3.8, 4) is 43.4 Å². The quantitative estimate of drug-likeness (QED) is 0.0811. The van der Waals surface area contributed by atoms with E-state index in [-0.39, 0.29) is 73.2 Å². The third-order valence-electron chi connectivity index (χ3n) is 10.7. The molecule has 1 aliphatic rings. The number of hydrogen-bond donors (Lipinski definition) is 7. The van der Waals surface area contributed by atoms with Crippen LogP contribution in [0.15, 0.2) is 64.0 Å². The zero-order valence-corrected chi connectivity index (χ0v) is 43.6. The van der Waals surface area contributed by atoms with Crippen molar-refractivity contribution >= 4 is 114 Å². The number of fused-ring (bicyclic) bond motifs is 14. The Bertz CT molecular complexity index is 3480. The van der Waals surface area contributed by atoms with Crippen LogP contribution in [0.1, 0.15) is 81.4 Å². The summed E-state index contributed by atoms with van der Waals surface area (Å²) in [6.45, 7) is 0.992. The lowest BCUT2D eigenvalue weighted by molar-refractivity contribution is -0.167. The average molecular weight is 1140 g/mol. The van der Waals surface area contributed by atoms with Crippen molar-refractivity contribution in [3.05, 3.63) is 106 Å². The fourth-order valence-electron chi connectivity index (χ4n) is 7.16. The highest BCUT2D eigenvalue weighted by Crippen LogP contribution is 2.40. The molecule has 0 unspecified atom stereocenters. The molecule has 0 radical (unpaired) electrons. The maximum atomic E-state index is 14.1. The van der Waals surface area contributed by atoms with Gasteiger partial charge < -0.3 is 36.4 Å². The number of thiazole rings is 6. The summed E-state index contributed by atoms with van der Waals surface area (Å²) in [6.07, 6.45) is -6.75. The first kappa shape index (κ1) is 52.5. The number of halogens is 3. The van der Waals surface area contributed by atoms with Gasteiger partial charge in [-0.15, -0.1) is 56.7 Å². The second kappa shape index (κ2) is 22.3. The molecule has 30 heteroatoms. The molecule has 1 aromatic carbocycles. The molecule has 3 atom stereocenters. The molecule has 9 rings (SSSR count). The lowest BCUT2D eigenvalue weighted by Crippen LogP contribution is -2.40. The van der Waals surface area contributed by atoms with E-state index in [2.05, 4.69) is 46.5 Å². The van der Waals surface area contributed by atoms with E-state index in [0.717, 1.165) is 56.7 Å². The Hall–Kier alpha value is -7.32.